The predicted octanol–water partition coefficient (Wildman–Crippen LogP) is 4.18. The average molecular weight is 454 g/mol. The van der Waals surface area contributed by atoms with Gasteiger partial charge in [0, 0.05) is 29.4 Å². The van der Waals surface area contributed by atoms with Crippen LogP contribution < -0.4 is 4.74 Å². The van der Waals surface area contributed by atoms with E-state index < -0.39 is 18.2 Å². The van der Waals surface area contributed by atoms with E-state index in [1.807, 2.05) is 24.3 Å². The van der Waals surface area contributed by atoms with Gasteiger partial charge in [0.2, 0.25) is 0 Å². The summed E-state index contributed by atoms with van der Waals surface area (Å²) in [6, 6.07) is 7.71. The molecule has 0 saturated heterocycles. The Morgan fingerprint density at radius 1 is 1.23 bits per heavy atom. The number of para-hydroxylation sites is 1. The van der Waals surface area contributed by atoms with Crippen LogP contribution in [0.5, 0.6) is 5.75 Å². The number of oxime groups is 1. The Kier molecular flexibility index (Phi) is 11.2. The first kappa shape index (κ1) is 25.5. The maximum atomic E-state index is 10.6. The van der Waals surface area contributed by atoms with Crippen LogP contribution in [0, 0.1) is 11.8 Å². The first-order valence-corrected chi connectivity index (χ1v) is 12.0. The lowest BCUT2D eigenvalue weighted by molar-refractivity contribution is -0.137. The van der Waals surface area contributed by atoms with Gasteiger partial charge >= 0.3 is 5.97 Å². The molecule has 1 aromatic carbocycles. The Labute approximate surface area is 188 Å². The second kappa shape index (κ2) is 13.6. The molecule has 8 heteroatoms. The van der Waals surface area contributed by atoms with Crippen molar-refractivity contribution < 1.29 is 30.1 Å². The molecule has 0 spiro atoms. The van der Waals surface area contributed by atoms with Crippen molar-refractivity contribution in [2.75, 3.05) is 12.9 Å². The number of rotatable bonds is 14. The molecule has 0 amide bonds. The first-order chi connectivity index (χ1) is 15.0. The number of methoxy groups -OCH3 is 1. The summed E-state index contributed by atoms with van der Waals surface area (Å²) < 4.78 is 5.34. The summed E-state index contributed by atoms with van der Waals surface area (Å²) >= 11 is 1.55. The third-order valence-corrected chi connectivity index (χ3v) is 7.17. The fourth-order valence-corrected chi connectivity index (χ4v) is 5.32. The van der Waals surface area contributed by atoms with Crippen molar-refractivity contribution in [1.29, 1.82) is 0 Å². The van der Waals surface area contributed by atoms with Crippen molar-refractivity contribution in [3.63, 3.8) is 0 Å². The molecule has 1 saturated carbocycles. The molecule has 0 aliphatic heterocycles. The molecule has 4 unspecified atom stereocenters. The van der Waals surface area contributed by atoms with Crippen LogP contribution in [0.4, 0.5) is 0 Å². The van der Waals surface area contributed by atoms with Crippen LogP contribution in [0.3, 0.4) is 0 Å². The van der Waals surface area contributed by atoms with Crippen LogP contribution in [0.2, 0.25) is 0 Å². The second-order valence-electron chi connectivity index (χ2n) is 8.17. The third kappa shape index (κ3) is 8.35. The van der Waals surface area contributed by atoms with Crippen LogP contribution in [-0.2, 0) is 4.79 Å². The fourth-order valence-electron chi connectivity index (χ4n) is 4.31. The summed E-state index contributed by atoms with van der Waals surface area (Å²) in [5.41, 5.74) is 0.618. The number of unbranched alkanes of at least 4 members (excludes halogenated alkanes) is 3. The SMILES string of the molecule is COc1ccccc1SCC(O)CCC1/C(=N\O)CC(O)C1CCCCCCC(=O)O. The summed E-state index contributed by atoms with van der Waals surface area (Å²) in [6.45, 7) is 0. The van der Waals surface area contributed by atoms with E-state index in [1.54, 1.807) is 18.9 Å². The molecule has 0 bridgehead atoms. The monoisotopic (exact) mass is 453 g/mol. The van der Waals surface area contributed by atoms with Gasteiger partial charge < -0.3 is 25.3 Å². The number of hydrogen-bond acceptors (Lipinski definition) is 7. The average Bonchev–Trinajstić information content (AvgIpc) is 3.07. The van der Waals surface area contributed by atoms with Gasteiger partial charge in [-0.25, -0.2) is 0 Å². The highest BCUT2D eigenvalue weighted by atomic mass is 32.2. The van der Waals surface area contributed by atoms with Crippen LogP contribution >= 0.6 is 11.8 Å². The highest BCUT2D eigenvalue weighted by Crippen LogP contribution is 2.38. The highest BCUT2D eigenvalue weighted by Gasteiger charge is 2.39. The molecular formula is C23H35NO6S. The van der Waals surface area contributed by atoms with Crippen molar-refractivity contribution in [1.82, 2.24) is 0 Å². The van der Waals surface area contributed by atoms with Gasteiger partial charge in [-0.2, -0.15) is 0 Å². The van der Waals surface area contributed by atoms with Gasteiger partial charge in [0.1, 0.15) is 5.75 Å². The third-order valence-electron chi connectivity index (χ3n) is 5.98. The molecule has 0 aromatic heterocycles. The Balaban J connectivity index is 1.80. The number of carboxylic acids is 1. The Bertz CT molecular complexity index is 713. The molecule has 4 atom stereocenters. The van der Waals surface area contributed by atoms with E-state index in [2.05, 4.69) is 5.16 Å². The molecule has 31 heavy (non-hydrogen) atoms. The predicted molar refractivity (Wildman–Crippen MR) is 121 cm³/mol. The minimum absolute atomic E-state index is 0.0134. The fraction of sp³-hybridized carbons (Fsp3) is 0.652. The maximum absolute atomic E-state index is 10.6. The first-order valence-electron chi connectivity index (χ1n) is 11.0. The van der Waals surface area contributed by atoms with Gasteiger partial charge in [-0.1, -0.05) is 36.6 Å². The zero-order chi connectivity index (χ0) is 22.6. The van der Waals surface area contributed by atoms with E-state index in [4.69, 9.17) is 9.84 Å². The van der Waals surface area contributed by atoms with Crippen molar-refractivity contribution in [3.8, 4) is 5.75 Å². The van der Waals surface area contributed by atoms with E-state index >= 15 is 0 Å². The summed E-state index contributed by atoms with van der Waals surface area (Å²) in [6.07, 6.45) is 4.92. The van der Waals surface area contributed by atoms with E-state index in [0.717, 1.165) is 36.3 Å². The maximum Gasteiger partial charge on any atom is 0.303 e. The molecule has 4 N–H and O–H groups in total. The Morgan fingerprint density at radius 2 is 1.97 bits per heavy atom. The Morgan fingerprint density at radius 3 is 2.68 bits per heavy atom. The van der Waals surface area contributed by atoms with Gasteiger partial charge in [-0.05, 0) is 43.7 Å². The summed E-state index contributed by atoms with van der Waals surface area (Å²) in [4.78, 5) is 11.6. The number of carboxylic acid groups (broad SMARTS) is 1. The second-order valence-corrected chi connectivity index (χ2v) is 9.23. The highest BCUT2D eigenvalue weighted by molar-refractivity contribution is 7.99. The smallest absolute Gasteiger partial charge is 0.303 e. The molecule has 7 nitrogen and oxygen atoms in total. The molecule has 1 fully saturated rings. The molecule has 0 heterocycles. The largest absolute Gasteiger partial charge is 0.496 e. The van der Waals surface area contributed by atoms with E-state index in [-0.39, 0.29) is 18.3 Å². The van der Waals surface area contributed by atoms with Gasteiger partial charge in [0.15, 0.2) is 0 Å². The zero-order valence-electron chi connectivity index (χ0n) is 18.2. The standard InChI is InChI=1S/C23H35NO6S/c1-30-21-9-6-7-10-22(21)31-15-16(25)12-13-17-18(20(26)14-19(17)24-29)8-4-2-3-5-11-23(27)28/h6-7,9-10,16-18,20,25-26,29H,2-5,8,11-15H2,1H3,(H,27,28)/b24-19-. The zero-order valence-corrected chi connectivity index (χ0v) is 19.0. The number of aliphatic hydroxyl groups is 2. The number of nitrogens with zero attached hydrogens (tertiary/aromatic N) is 1. The normalized spacial score (nSPS) is 23.2. The molecule has 1 aliphatic carbocycles. The minimum Gasteiger partial charge on any atom is -0.496 e. The Hall–Kier alpha value is -1.77. The number of carbonyl (C=O) groups is 1. The van der Waals surface area contributed by atoms with Gasteiger partial charge in [0.05, 0.1) is 25.0 Å². The van der Waals surface area contributed by atoms with Crippen LogP contribution in [-0.4, -0.2) is 57.3 Å². The summed E-state index contributed by atoms with van der Waals surface area (Å²) in [5, 5.41) is 42.5. The lowest BCUT2D eigenvalue weighted by Gasteiger charge is -2.23. The molecule has 2 rings (SSSR count). The number of ether oxygens (including phenoxy) is 1. The molecular weight excluding hydrogens is 418 g/mol. The number of aliphatic carboxylic acids is 1. The topological polar surface area (TPSA) is 120 Å². The van der Waals surface area contributed by atoms with Crippen LogP contribution in [0.1, 0.15) is 57.8 Å². The molecule has 1 aromatic rings. The van der Waals surface area contributed by atoms with Crippen molar-refractivity contribution >= 4 is 23.4 Å². The number of aliphatic hydroxyl groups excluding tert-OH is 2. The van der Waals surface area contributed by atoms with Crippen LogP contribution in [0.15, 0.2) is 34.3 Å². The summed E-state index contributed by atoms with van der Waals surface area (Å²) in [7, 11) is 1.63. The van der Waals surface area contributed by atoms with Crippen molar-refractivity contribution in [3.05, 3.63) is 24.3 Å². The lowest BCUT2D eigenvalue weighted by atomic mass is 9.85. The minimum atomic E-state index is -0.766. The van der Waals surface area contributed by atoms with Gasteiger partial charge in [-0.3, -0.25) is 4.79 Å². The number of hydrogen-bond donors (Lipinski definition) is 4. The van der Waals surface area contributed by atoms with E-state index in [0.29, 0.717) is 37.1 Å². The lowest BCUT2D eigenvalue weighted by Crippen LogP contribution is -2.23. The van der Waals surface area contributed by atoms with E-state index in [1.165, 1.54) is 0 Å². The van der Waals surface area contributed by atoms with Crippen LogP contribution in [0.25, 0.3) is 0 Å². The molecule has 0 radical (unpaired) electrons. The summed E-state index contributed by atoms with van der Waals surface area (Å²) in [5.74, 6) is 0.536. The number of benzene rings is 1. The molecule has 1 aliphatic rings. The van der Waals surface area contributed by atoms with Crippen molar-refractivity contribution in [2.24, 2.45) is 17.0 Å². The quantitative estimate of drug-likeness (QED) is 0.144. The molecule has 174 valence electrons. The van der Waals surface area contributed by atoms with Gasteiger partial charge in [-0.15, -0.1) is 11.8 Å². The van der Waals surface area contributed by atoms with Gasteiger partial charge in [0.25, 0.3) is 0 Å². The number of thioether (sulfide) groups is 1. The van der Waals surface area contributed by atoms with E-state index in [9.17, 15) is 20.2 Å². The van der Waals surface area contributed by atoms with Crippen molar-refractivity contribution in [2.45, 2.75) is 74.9 Å².